The highest BCUT2D eigenvalue weighted by molar-refractivity contribution is 7.85. The third-order valence-corrected chi connectivity index (χ3v) is 4.44. The maximum atomic E-state index is 12.5. The molecule has 0 spiro atoms. The molecule has 0 saturated carbocycles. The molecule has 1 aliphatic heterocycles. The van der Waals surface area contributed by atoms with E-state index in [0.29, 0.717) is 0 Å². The van der Waals surface area contributed by atoms with Crippen LogP contribution in [0, 0.1) is 0 Å². The Bertz CT molecular complexity index is 599. The summed E-state index contributed by atoms with van der Waals surface area (Å²) >= 11 is 0. The second kappa shape index (κ2) is 4.42. The van der Waals surface area contributed by atoms with Crippen molar-refractivity contribution in [2.45, 2.75) is 16.7 Å². The minimum atomic E-state index is -1.09. The number of hydrogen-bond acceptors (Lipinski definition) is 2. The molecule has 3 rings (SSSR count). The predicted octanol–water partition coefficient (Wildman–Crippen LogP) is 3.84. The van der Waals surface area contributed by atoms with Crippen LogP contribution in [0.25, 0.3) is 0 Å². The average molecular weight is 255 g/mol. The van der Waals surface area contributed by atoms with E-state index in [1.807, 2.05) is 67.7 Å². The maximum Gasteiger partial charge on any atom is 0.0892 e. The normalized spacial score (nSPS) is 14.6. The van der Waals surface area contributed by atoms with Crippen LogP contribution in [0.3, 0.4) is 0 Å². The minimum absolute atomic E-state index is 0.870. The Morgan fingerprint density at radius 3 is 1.94 bits per heavy atom. The highest BCUT2D eigenvalue weighted by Crippen LogP contribution is 2.41. The third-order valence-electron chi connectivity index (χ3n) is 2.95. The molecule has 0 fully saturated rings. The van der Waals surface area contributed by atoms with Crippen molar-refractivity contribution < 1.29 is 4.21 Å². The van der Waals surface area contributed by atoms with Gasteiger partial charge >= 0.3 is 0 Å². The van der Waals surface area contributed by atoms with Crippen molar-refractivity contribution in [3.05, 3.63) is 60.8 Å². The van der Waals surface area contributed by atoms with Crippen molar-refractivity contribution in [1.82, 2.24) is 0 Å². The summed E-state index contributed by atoms with van der Waals surface area (Å²) in [4.78, 5) is 3.83. The number of anilines is 2. The molecule has 0 unspecified atom stereocenters. The van der Waals surface area contributed by atoms with Gasteiger partial charge < -0.3 is 4.90 Å². The van der Waals surface area contributed by atoms with Gasteiger partial charge in [-0.2, -0.15) is 0 Å². The van der Waals surface area contributed by atoms with Crippen molar-refractivity contribution in [3.63, 3.8) is 0 Å². The number of para-hydroxylation sites is 2. The Morgan fingerprint density at radius 2 is 1.44 bits per heavy atom. The van der Waals surface area contributed by atoms with Gasteiger partial charge in [-0.15, -0.1) is 0 Å². The molecule has 0 bridgehead atoms. The Hall–Kier alpha value is -1.87. The Labute approximate surface area is 109 Å². The molecule has 90 valence electrons. The van der Waals surface area contributed by atoms with Crippen LogP contribution in [0.5, 0.6) is 0 Å². The van der Waals surface area contributed by atoms with Crippen molar-refractivity contribution in [2.24, 2.45) is 0 Å². The molecule has 0 aromatic heterocycles. The highest BCUT2D eigenvalue weighted by atomic mass is 32.2. The van der Waals surface area contributed by atoms with Crippen LogP contribution in [0.15, 0.2) is 70.6 Å². The van der Waals surface area contributed by atoms with Gasteiger partial charge in [0.05, 0.1) is 32.0 Å². The zero-order valence-corrected chi connectivity index (χ0v) is 10.9. The number of nitrogens with zero attached hydrogens (tertiary/aromatic N) is 1. The van der Waals surface area contributed by atoms with E-state index in [-0.39, 0.29) is 0 Å². The van der Waals surface area contributed by atoms with Gasteiger partial charge in [0.1, 0.15) is 0 Å². The first-order valence-electron chi connectivity index (χ1n) is 5.85. The lowest BCUT2D eigenvalue weighted by atomic mass is 10.2. The smallest absolute Gasteiger partial charge is 0.0892 e. The van der Waals surface area contributed by atoms with Gasteiger partial charge in [0.25, 0.3) is 0 Å². The van der Waals surface area contributed by atoms with E-state index >= 15 is 0 Å². The topological polar surface area (TPSA) is 20.3 Å². The van der Waals surface area contributed by atoms with E-state index in [1.165, 1.54) is 0 Å². The molecule has 2 aromatic carbocycles. The fourth-order valence-corrected chi connectivity index (χ4v) is 3.54. The molecular weight excluding hydrogens is 242 g/mol. The third kappa shape index (κ3) is 1.59. The van der Waals surface area contributed by atoms with Gasteiger partial charge in [-0.05, 0) is 31.2 Å². The second-order valence-corrected chi connectivity index (χ2v) is 5.47. The quantitative estimate of drug-likeness (QED) is 0.771. The lowest BCUT2D eigenvalue weighted by Gasteiger charge is -2.29. The maximum absolute atomic E-state index is 12.5. The number of rotatable bonds is 1. The summed E-state index contributed by atoms with van der Waals surface area (Å²) in [5.41, 5.74) is 1.99. The van der Waals surface area contributed by atoms with Crippen LogP contribution in [0.2, 0.25) is 0 Å². The SMILES string of the molecule is CC=CN1c2ccccc2S(=O)c2ccccc21. The van der Waals surface area contributed by atoms with Crippen LogP contribution in [0.4, 0.5) is 11.4 Å². The van der Waals surface area contributed by atoms with E-state index in [0.717, 1.165) is 21.2 Å². The Balaban J connectivity index is 2.30. The summed E-state index contributed by atoms with van der Waals surface area (Å²) < 4.78 is 12.5. The fourth-order valence-electron chi connectivity index (χ4n) is 2.18. The largest absolute Gasteiger partial charge is 0.315 e. The monoisotopic (exact) mass is 255 g/mol. The number of fused-ring (bicyclic) bond motifs is 2. The lowest BCUT2D eigenvalue weighted by molar-refractivity contribution is 0.682. The summed E-state index contributed by atoms with van der Waals surface area (Å²) in [6.45, 7) is 1.98. The first kappa shape index (κ1) is 11.2. The van der Waals surface area contributed by atoms with Gasteiger partial charge in [0.2, 0.25) is 0 Å². The van der Waals surface area contributed by atoms with E-state index in [2.05, 4.69) is 4.90 Å². The van der Waals surface area contributed by atoms with Crippen LogP contribution in [0.1, 0.15) is 6.92 Å². The molecule has 1 aliphatic rings. The van der Waals surface area contributed by atoms with E-state index in [1.54, 1.807) is 0 Å². The molecule has 1 heterocycles. The summed E-state index contributed by atoms with van der Waals surface area (Å²) in [6, 6.07) is 15.7. The van der Waals surface area contributed by atoms with Crippen LogP contribution in [-0.2, 0) is 10.8 Å². The van der Waals surface area contributed by atoms with E-state index < -0.39 is 10.8 Å². The number of benzene rings is 2. The zero-order chi connectivity index (χ0) is 12.5. The van der Waals surface area contributed by atoms with Crippen molar-refractivity contribution >= 4 is 22.2 Å². The van der Waals surface area contributed by atoms with E-state index in [9.17, 15) is 4.21 Å². The minimum Gasteiger partial charge on any atom is -0.315 e. The molecule has 0 amide bonds. The lowest BCUT2D eigenvalue weighted by Crippen LogP contribution is -2.18. The van der Waals surface area contributed by atoms with Crippen LogP contribution < -0.4 is 4.90 Å². The van der Waals surface area contributed by atoms with Gasteiger partial charge in [-0.3, -0.25) is 0 Å². The molecule has 0 N–H and O–H groups in total. The molecule has 3 heteroatoms. The van der Waals surface area contributed by atoms with Gasteiger partial charge in [0, 0.05) is 6.20 Å². The predicted molar refractivity (Wildman–Crippen MR) is 74.5 cm³/mol. The van der Waals surface area contributed by atoms with E-state index in [4.69, 9.17) is 0 Å². The van der Waals surface area contributed by atoms with Gasteiger partial charge in [0.15, 0.2) is 0 Å². The molecular formula is C15H13NOS. The first-order valence-corrected chi connectivity index (χ1v) is 7.00. The second-order valence-electron chi connectivity index (χ2n) is 4.06. The van der Waals surface area contributed by atoms with Crippen LogP contribution >= 0.6 is 0 Å². The highest BCUT2D eigenvalue weighted by Gasteiger charge is 2.25. The van der Waals surface area contributed by atoms with Crippen molar-refractivity contribution in [1.29, 1.82) is 0 Å². The summed E-state index contributed by atoms with van der Waals surface area (Å²) in [7, 11) is -1.09. The zero-order valence-electron chi connectivity index (χ0n) is 10.0. The molecule has 0 atom stereocenters. The average Bonchev–Trinajstić information content (AvgIpc) is 2.43. The molecule has 0 saturated heterocycles. The van der Waals surface area contributed by atoms with Crippen molar-refractivity contribution in [2.75, 3.05) is 4.90 Å². The summed E-state index contributed by atoms with van der Waals surface area (Å²) in [5, 5.41) is 0. The number of hydrogen-bond donors (Lipinski definition) is 0. The molecule has 0 radical (unpaired) electrons. The molecule has 2 aromatic rings. The Kier molecular flexibility index (Phi) is 2.76. The van der Waals surface area contributed by atoms with Gasteiger partial charge in [-0.1, -0.05) is 30.3 Å². The fraction of sp³-hybridized carbons (Fsp3) is 0.0667. The summed E-state index contributed by atoms with van der Waals surface area (Å²) in [5.74, 6) is 0. The number of allylic oxidation sites excluding steroid dienone is 1. The standard InChI is InChI=1S/C15H13NOS/c1-2-11-16-12-7-3-5-9-14(12)18(17)15-10-6-4-8-13(15)16/h2-11H,1H3. The molecule has 18 heavy (non-hydrogen) atoms. The first-order chi connectivity index (χ1) is 8.83. The van der Waals surface area contributed by atoms with Crippen molar-refractivity contribution in [3.8, 4) is 0 Å². The van der Waals surface area contributed by atoms with Crippen LogP contribution in [-0.4, -0.2) is 4.21 Å². The van der Waals surface area contributed by atoms with Gasteiger partial charge in [-0.25, -0.2) is 4.21 Å². The summed E-state index contributed by atoms with van der Waals surface area (Å²) in [6.07, 6.45) is 4.00. The molecule has 0 aliphatic carbocycles. The molecule has 2 nitrogen and oxygen atoms in total. The Morgan fingerprint density at radius 1 is 0.944 bits per heavy atom.